The number of hydrogen-bond acceptors (Lipinski definition) is 4. The van der Waals surface area contributed by atoms with Crippen LogP contribution in [0.3, 0.4) is 0 Å². The molecule has 0 unspecified atom stereocenters. The molecule has 0 spiro atoms. The summed E-state index contributed by atoms with van der Waals surface area (Å²) in [6, 6.07) is 8.35. The molecule has 0 radical (unpaired) electrons. The van der Waals surface area contributed by atoms with Gasteiger partial charge in [-0.2, -0.15) is 11.3 Å². The smallest absolute Gasteiger partial charge is 0.277 e. The van der Waals surface area contributed by atoms with Gasteiger partial charge in [-0.25, -0.2) is 4.98 Å². The van der Waals surface area contributed by atoms with E-state index in [-0.39, 0.29) is 5.91 Å². The number of rotatable bonds is 2. The highest BCUT2D eigenvalue weighted by Crippen LogP contribution is 2.31. The minimum absolute atomic E-state index is 0.00193. The Bertz CT molecular complexity index is 836. The van der Waals surface area contributed by atoms with E-state index in [1.165, 1.54) is 22.5 Å². The molecule has 2 aromatic heterocycles. The van der Waals surface area contributed by atoms with Crippen molar-refractivity contribution in [1.82, 2.24) is 4.98 Å². The van der Waals surface area contributed by atoms with Crippen LogP contribution in [-0.4, -0.2) is 17.4 Å². The van der Waals surface area contributed by atoms with E-state index in [4.69, 9.17) is 0 Å². The molecular formula is C17H14N2OS2. The van der Waals surface area contributed by atoms with E-state index in [9.17, 15) is 4.79 Å². The number of hydrogen-bond donors (Lipinski definition) is 0. The molecule has 1 aromatic carbocycles. The number of carbonyl (C=O) groups is 1. The van der Waals surface area contributed by atoms with Gasteiger partial charge < -0.3 is 4.90 Å². The van der Waals surface area contributed by atoms with E-state index in [1.807, 2.05) is 21.7 Å². The van der Waals surface area contributed by atoms with Gasteiger partial charge in [0.2, 0.25) is 0 Å². The maximum absolute atomic E-state index is 12.8. The first-order valence-electron chi connectivity index (χ1n) is 7.12. The molecule has 4 rings (SSSR count). The Kier molecular flexibility index (Phi) is 3.32. The third-order valence-electron chi connectivity index (χ3n) is 3.87. The minimum Gasteiger partial charge on any atom is -0.306 e. The van der Waals surface area contributed by atoms with Crippen LogP contribution in [0.25, 0.3) is 10.6 Å². The van der Waals surface area contributed by atoms with E-state index in [1.54, 1.807) is 11.3 Å². The summed E-state index contributed by atoms with van der Waals surface area (Å²) in [5.74, 6) is 0.00193. The number of fused-ring (bicyclic) bond motifs is 1. The molecule has 0 fully saturated rings. The van der Waals surface area contributed by atoms with Gasteiger partial charge in [0, 0.05) is 28.6 Å². The van der Waals surface area contributed by atoms with E-state index >= 15 is 0 Å². The van der Waals surface area contributed by atoms with Crippen molar-refractivity contribution in [1.29, 1.82) is 0 Å². The number of aromatic nitrogens is 1. The summed E-state index contributed by atoms with van der Waals surface area (Å²) >= 11 is 3.17. The number of benzene rings is 1. The third-order valence-corrected chi connectivity index (χ3v) is 5.45. The van der Waals surface area contributed by atoms with Crippen molar-refractivity contribution in [2.45, 2.75) is 13.3 Å². The van der Waals surface area contributed by atoms with Crippen LogP contribution in [0.4, 0.5) is 5.69 Å². The molecular weight excluding hydrogens is 312 g/mol. The maximum Gasteiger partial charge on any atom is 0.277 e. The first kappa shape index (κ1) is 13.7. The largest absolute Gasteiger partial charge is 0.306 e. The lowest BCUT2D eigenvalue weighted by atomic mass is 10.1. The summed E-state index contributed by atoms with van der Waals surface area (Å²) in [5, 5.41) is 6.86. The zero-order valence-corrected chi connectivity index (χ0v) is 13.7. The Morgan fingerprint density at radius 1 is 1.27 bits per heavy atom. The number of thiazole rings is 1. The molecule has 3 aromatic rings. The fourth-order valence-electron chi connectivity index (χ4n) is 2.73. The second-order valence-corrected chi connectivity index (χ2v) is 7.03. The van der Waals surface area contributed by atoms with Gasteiger partial charge in [-0.05, 0) is 42.0 Å². The van der Waals surface area contributed by atoms with Gasteiger partial charge in [0.25, 0.3) is 5.91 Å². The van der Waals surface area contributed by atoms with E-state index in [0.717, 1.165) is 29.2 Å². The number of carbonyl (C=O) groups excluding carboxylic acids is 1. The lowest BCUT2D eigenvalue weighted by Crippen LogP contribution is -2.29. The predicted octanol–water partition coefficient (Wildman–Crippen LogP) is 4.38. The monoisotopic (exact) mass is 326 g/mol. The number of anilines is 1. The Morgan fingerprint density at radius 2 is 2.18 bits per heavy atom. The van der Waals surface area contributed by atoms with E-state index < -0.39 is 0 Å². The van der Waals surface area contributed by atoms with Crippen molar-refractivity contribution in [3.8, 4) is 10.6 Å². The van der Waals surface area contributed by atoms with Crippen molar-refractivity contribution < 1.29 is 4.79 Å². The topological polar surface area (TPSA) is 33.2 Å². The molecule has 5 heteroatoms. The Hall–Kier alpha value is -1.98. The van der Waals surface area contributed by atoms with Gasteiger partial charge in [0.1, 0.15) is 10.7 Å². The van der Waals surface area contributed by atoms with Gasteiger partial charge in [-0.3, -0.25) is 4.79 Å². The van der Waals surface area contributed by atoms with Crippen LogP contribution < -0.4 is 4.90 Å². The Balaban J connectivity index is 1.65. The van der Waals surface area contributed by atoms with Crippen LogP contribution >= 0.6 is 22.7 Å². The number of amides is 1. The molecule has 0 saturated heterocycles. The fraction of sp³-hybridized carbons (Fsp3) is 0.176. The van der Waals surface area contributed by atoms with Crippen LogP contribution in [0.2, 0.25) is 0 Å². The highest BCUT2D eigenvalue weighted by molar-refractivity contribution is 7.14. The normalized spacial score (nSPS) is 13.4. The molecule has 0 saturated carbocycles. The SMILES string of the molecule is Cc1ccc2c(c1)N(C(=O)c1csc(-c3ccsc3)n1)CC2. The van der Waals surface area contributed by atoms with Crippen LogP contribution in [0.15, 0.2) is 40.4 Å². The van der Waals surface area contributed by atoms with Crippen molar-refractivity contribution in [3.63, 3.8) is 0 Å². The van der Waals surface area contributed by atoms with Crippen LogP contribution in [0, 0.1) is 6.92 Å². The van der Waals surface area contributed by atoms with Crippen LogP contribution in [0.5, 0.6) is 0 Å². The van der Waals surface area contributed by atoms with E-state index in [0.29, 0.717) is 5.69 Å². The molecule has 0 aliphatic carbocycles. The summed E-state index contributed by atoms with van der Waals surface area (Å²) in [7, 11) is 0. The summed E-state index contributed by atoms with van der Waals surface area (Å²) < 4.78 is 0. The lowest BCUT2D eigenvalue weighted by molar-refractivity contribution is 0.0985. The summed E-state index contributed by atoms with van der Waals surface area (Å²) in [5.41, 5.74) is 5.09. The average Bonchev–Trinajstić information content (AvgIpc) is 3.25. The van der Waals surface area contributed by atoms with Gasteiger partial charge in [0.05, 0.1) is 0 Å². The summed E-state index contributed by atoms with van der Waals surface area (Å²) in [6.07, 6.45) is 0.920. The molecule has 3 nitrogen and oxygen atoms in total. The van der Waals surface area contributed by atoms with Gasteiger partial charge >= 0.3 is 0 Å². The van der Waals surface area contributed by atoms with E-state index in [2.05, 4.69) is 35.5 Å². The van der Waals surface area contributed by atoms with Crippen molar-refractivity contribution in [2.75, 3.05) is 11.4 Å². The predicted molar refractivity (Wildman–Crippen MR) is 92.0 cm³/mol. The standard InChI is InChI=1S/C17H14N2OS2/c1-11-2-3-12-4-6-19(15(12)8-11)17(20)14-10-22-16(18-14)13-5-7-21-9-13/h2-3,5,7-10H,4,6H2,1H3. The molecule has 1 aliphatic rings. The molecule has 22 heavy (non-hydrogen) atoms. The second-order valence-electron chi connectivity index (χ2n) is 5.39. The van der Waals surface area contributed by atoms with Crippen LogP contribution in [0.1, 0.15) is 21.6 Å². The molecule has 1 amide bonds. The number of thiophene rings is 1. The van der Waals surface area contributed by atoms with Crippen molar-refractivity contribution in [2.24, 2.45) is 0 Å². The molecule has 0 bridgehead atoms. The zero-order chi connectivity index (χ0) is 15.1. The Labute approximate surface area is 136 Å². The number of aryl methyl sites for hydroxylation is 1. The third kappa shape index (κ3) is 2.26. The molecule has 3 heterocycles. The molecule has 0 atom stereocenters. The van der Waals surface area contributed by atoms with Crippen molar-refractivity contribution in [3.05, 3.63) is 57.2 Å². The van der Waals surface area contributed by atoms with Gasteiger partial charge in [0.15, 0.2) is 0 Å². The minimum atomic E-state index is 0.00193. The highest BCUT2D eigenvalue weighted by Gasteiger charge is 2.27. The zero-order valence-electron chi connectivity index (χ0n) is 12.1. The molecule has 1 aliphatic heterocycles. The van der Waals surface area contributed by atoms with Crippen LogP contribution in [-0.2, 0) is 6.42 Å². The quantitative estimate of drug-likeness (QED) is 0.700. The number of nitrogens with zero attached hydrogens (tertiary/aromatic N) is 2. The maximum atomic E-state index is 12.8. The fourth-order valence-corrected chi connectivity index (χ4v) is 4.24. The van der Waals surface area contributed by atoms with Crippen molar-refractivity contribution >= 4 is 34.3 Å². The highest BCUT2D eigenvalue weighted by atomic mass is 32.1. The van der Waals surface area contributed by atoms with Gasteiger partial charge in [-0.1, -0.05) is 12.1 Å². The molecule has 110 valence electrons. The summed E-state index contributed by atoms with van der Waals surface area (Å²) in [6.45, 7) is 2.79. The Morgan fingerprint density at radius 3 is 3.00 bits per heavy atom. The lowest BCUT2D eigenvalue weighted by Gasteiger charge is -2.16. The second kappa shape index (κ2) is 5.34. The van der Waals surface area contributed by atoms with Gasteiger partial charge in [-0.15, -0.1) is 11.3 Å². The first-order chi connectivity index (χ1) is 10.7. The molecule has 0 N–H and O–H groups in total. The first-order valence-corrected chi connectivity index (χ1v) is 8.94. The summed E-state index contributed by atoms with van der Waals surface area (Å²) in [4.78, 5) is 19.2. The average molecular weight is 326 g/mol.